The van der Waals surface area contributed by atoms with Gasteiger partial charge in [-0.05, 0) is 12.1 Å². The monoisotopic (exact) mass is 166 g/mol. The molecular formula is C8H10N2O2. The van der Waals surface area contributed by atoms with Gasteiger partial charge in [0.2, 0.25) is 5.91 Å². The molecule has 12 heavy (non-hydrogen) atoms. The van der Waals surface area contributed by atoms with Crippen LogP contribution in [0.1, 0.15) is 16.9 Å². The maximum Gasteiger partial charge on any atom is 0.227 e. The Labute approximate surface area is 70.0 Å². The molecule has 64 valence electrons. The van der Waals surface area contributed by atoms with E-state index in [1.807, 2.05) is 0 Å². The topological polar surface area (TPSA) is 62.0 Å². The molecule has 0 saturated carbocycles. The van der Waals surface area contributed by atoms with E-state index in [9.17, 15) is 9.59 Å². The molecule has 0 radical (unpaired) electrons. The lowest BCUT2D eigenvalue weighted by Gasteiger charge is -1.96. The van der Waals surface area contributed by atoms with Crippen LogP contribution in [0.4, 0.5) is 0 Å². The van der Waals surface area contributed by atoms with Gasteiger partial charge in [0.1, 0.15) is 0 Å². The molecule has 1 aromatic rings. The summed E-state index contributed by atoms with van der Waals surface area (Å²) in [5.74, 6) is -0.464. The Balaban J connectivity index is 2.56. The maximum absolute atomic E-state index is 11.2. The van der Waals surface area contributed by atoms with Crippen LogP contribution >= 0.6 is 0 Å². The molecule has 2 N–H and O–H groups in total. The van der Waals surface area contributed by atoms with Crippen molar-refractivity contribution in [3.63, 3.8) is 0 Å². The number of nitrogens with one attached hydrogen (secondary N) is 2. The van der Waals surface area contributed by atoms with Crippen LogP contribution in [0, 0.1) is 0 Å². The van der Waals surface area contributed by atoms with Crippen LogP contribution in [0.3, 0.4) is 0 Å². The Morgan fingerprint density at radius 1 is 1.58 bits per heavy atom. The maximum atomic E-state index is 11.2. The van der Waals surface area contributed by atoms with E-state index in [-0.39, 0.29) is 18.1 Å². The summed E-state index contributed by atoms with van der Waals surface area (Å²) < 4.78 is 0. The van der Waals surface area contributed by atoms with Gasteiger partial charge in [-0.3, -0.25) is 9.59 Å². The molecule has 0 aliphatic heterocycles. The fourth-order valence-corrected chi connectivity index (χ4v) is 0.833. The van der Waals surface area contributed by atoms with Crippen molar-refractivity contribution in [3.05, 3.63) is 24.0 Å². The predicted octanol–water partition coefficient (Wildman–Crippen LogP) is 0.334. The van der Waals surface area contributed by atoms with Crippen LogP contribution < -0.4 is 5.32 Å². The molecule has 1 aromatic heterocycles. The molecule has 1 rings (SSSR count). The lowest BCUT2D eigenvalue weighted by atomic mass is 10.2. The number of aromatic nitrogens is 1. The fraction of sp³-hybridized carbons (Fsp3) is 0.250. The zero-order chi connectivity index (χ0) is 8.97. The summed E-state index contributed by atoms with van der Waals surface area (Å²) >= 11 is 0. The molecule has 0 fully saturated rings. The molecule has 0 aliphatic carbocycles. The molecule has 0 aliphatic rings. The summed E-state index contributed by atoms with van der Waals surface area (Å²) in [5, 5.41) is 2.38. The van der Waals surface area contributed by atoms with Crippen LogP contribution in [-0.4, -0.2) is 23.7 Å². The molecule has 1 heterocycles. The Bertz CT molecular complexity index is 277. The molecule has 0 bridgehead atoms. The summed E-state index contributed by atoms with van der Waals surface area (Å²) in [6, 6.07) is 3.36. The number of hydrogen-bond donors (Lipinski definition) is 2. The van der Waals surface area contributed by atoms with E-state index < -0.39 is 0 Å². The molecule has 0 spiro atoms. The van der Waals surface area contributed by atoms with Crippen molar-refractivity contribution in [1.82, 2.24) is 10.3 Å². The Morgan fingerprint density at radius 2 is 2.33 bits per heavy atom. The number of rotatable bonds is 3. The first kappa shape index (κ1) is 8.52. The van der Waals surface area contributed by atoms with E-state index in [0.29, 0.717) is 5.69 Å². The highest BCUT2D eigenvalue weighted by molar-refractivity contribution is 6.06. The van der Waals surface area contributed by atoms with Gasteiger partial charge in [-0.15, -0.1) is 0 Å². The van der Waals surface area contributed by atoms with Crippen molar-refractivity contribution < 1.29 is 9.59 Å². The van der Waals surface area contributed by atoms with Crippen LogP contribution in [-0.2, 0) is 4.79 Å². The molecular weight excluding hydrogens is 156 g/mol. The number of Topliss-reactive ketones (excluding diaryl/α,β-unsaturated/α-hetero) is 1. The van der Waals surface area contributed by atoms with Gasteiger partial charge in [-0.2, -0.15) is 0 Å². The summed E-state index contributed by atoms with van der Waals surface area (Å²) in [4.78, 5) is 24.7. The highest BCUT2D eigenvalue weighted by Crippen LogP contribution is 1.98. The van der Waals surface area contributed by atoms with Gasteiger partial charge in [0, 0.05) is 13.2 Å². The Kier molecular flexibility index (Phi) is 2.63. The average Bonchev–Trinajstić information content (AvgIpc) is 2.56. The standard InChI is InChI=1S/C8H10N2O2/c1-9-8(12)5-7(11)6-3-2-4-10-6/h2-4,10H,5H2,1H3,(H,9,12). The number of carbonyl (C=O) groups excluding carboxylic acids is 2. The first-order valence-corrected chi connectivity index (χ1v) is 3.61. The second-order valence-corrected chi connectivity index (χ2v) is 2.36. The number of ketones is 1. The van der Waals surface area contributed by atoms with Crippen molar-refractivity contribution >= 4 is 11.7 Å². The molecule has 4 nitrogen and oxygen atoms in total. The highest BCUT2D eigenvalue weighted by atomic mass is 16.2. The van der Waals surface area contributed by atoms with Crippen molar-refractivity contribution in [3.8, 4) is 0 Å². The van der Waals surface area contributed by atoms with Gasteiger partial charge in [0.25, 0.3) is 0 Å². The summed E-state index contributed by atoms with van der Waals surface area (Å²) in [7, 11) is 1.50. The van der Waals surface area contributed by atoms with E-state index in [0.717, 1.165) is 0 Å². The summed E-state index contributed by atoms with van der Waals surface area (Å²) in [5.41, 5.74) is 0.471. The molecule has 0 aromatic carbocycles. The SMILES string of the molecule is CNC(=O)CC(=O)c1ccc[nH]1. The van der Waals surface area contributed by atoms with E-state index in [1.54, 1.807) is 18.3 Å². The lowest BCUT2D eigenvalue weighted by molar-refractivity contribution is -0.119. The number of aromatic amines is 1. The van der Waals surface area contributed by atoms with Crippen LogP contribution in [0.2, 0.25) is 0 Å². The van der Waals surface area contributed by atoms with Gasteiger partial charge < -0.3 is 10.3 Å². The van der Waals surface area contributed by atoms with Gasteiger partial charge in [-0.25, -0.2) is 0 Å². The van der Waals surface area contributed by atoms with E-state index >= 15 is 0 Å². The molecule has 4 heteroatoms. The Morgan fingerprint density at radius 3 is 2.83 bits per heavy atom. The smallest absolute Gasteiger partial charge is 0.227 e. The number of carbonyl (C=O) groups is 2. The van der Waals surface area contributed by atoms with Crippen molar-refractivity contribution in [2.24, 2.45) is 0 Å². The number of amides is 1. The van der Waals surface area contributed by atoms with E-state index in [4.69, 9.17) is 0 Å². The van der Waals surface area contributed by atoms with Gasteiger partial charge in [0.05, 0.1) is 12.1 Å². The van der Waals surface area contributed by atoms with Crippen molar-refractivity contribution in [2.75, 3.05) is 7.05 Å². The van der Waals surface area contributed by atoms with E-state index in [2.05, 4.69) is 10.3 Å². The molecule has 1 amide bonds. The van der Waals surface area contributed by atoms with Crippen molar-refractivity contribution in [1.29, 1.82) is 0 Å². The zero-order valence-corrected chi connectivity index (χ0v) is 6.76. The van der Waals surface area contributed by atoms with Crippen LogP contribution in [0.5, 0.6) is 0 Å². The minimum atomic E-state index is -0.269. The second kappa shape index (κ2) is 3.71. The third-order valence-electron chi connectivity index (χ3n) is 1.50. The normalized spacial score (nSPS) is 9.42. The molecule has 0 unspecified atom stereocenters. The molecule has 0 saturated heterocycles. The fourth-order valence-electron chi connectivity index (χ4n) is 0.833. The van der Waals surface area contributed by atoms with Gasteiger partial charge >= 0.3 is 0 Å². The second-order valence-electron chi connectivity index (χ2n) is 2.36. The van der Waals surface area contributed by atoms with E-state index in [1.165, 1.54) is 7.05 Å². The van der Waals surface area contributed by atoms with Gasteiger partial charge in [0.15, 0.2) is 5.78 Å². The third-order valence-corrected chi connectivity index (χ3v) is 1.50. The quantitative estimate of drug-likeness (QED) is 0.502. The van der Waals surface area contributed by atoms with Gasteiger partial charge in [-0.1, -0.05) is 0 Å². The average molecular weight is 166 g/mol. The lowest BCUT2D eigenvalue weighted by Crippen LogP contribution is -2.21. The minimum Gasteiger partial charge on any atom is -0.359 e. The summed E-state index contributed by atoms with van der Waals surface area (Å²) in [6.45, 7) is 0. The number of H-pyrrole nitrogens is 1. The van der Waals surface area contributed by atoms with Crippen LogP contribution in [0.15, 0.2) is 18.3 Å². The first-order chi connectivity index (χ1) is 5.74. The van der Waals surface area contributed by atoms with Crippen LogP contribution in [0.25, 0.3) is 0 Å². The first-order valence-electron chi connectivity index (χ1n) is 3.61. The third kappa shape index (κ3) is 1.95. The largest absolute Gasteiger partial charge is 0.359 e. The minimum absolute atomic E-state index is 0.100. The summed E-state index contributed by atoms with van der Waals surface area (Å²) in [6.07, 6.45) is 1.55. The zero-order valence-electron chi connectivity index (χ0n) is 6.76. The highest BCUT2D eigenvalue weighted by Gasteiger charge is 2.10. The molecule has 0 atom stereocenters. The number of hydrogen-bond acceptors (Lipinski definition) is 2. The predicted molar refractivity (Wildman–Crippen MR) is 43.8 cm³/mol. The Hall–Kier alpha value is -1.58. The van der Waals surface area contributed by atoms with Crippen molar-refractivity contribution in [2.45, 2.75) is 6.42 Å².